The average molecular weight is 386 g/mol. The highest BCUT2D eigenvalue weighted by Crippen LogP contribution is 2.32. The van der Waals surface area contributed by atoms with Crippen LogP contribution in [0.15, 0.2) is 32.1 Å². The molecule has 0 radical (unpaired) electrons. The molecular formula is C10H7BrCl2N2O3S. The maximum absolute atomic E-state index is 12.2. The minimum Gasteiger partial charge on any atom is -0.336 e. The molecule has 2 rings (SSSR count). The minimum absolute atomic E-state index is 0.0199. The van der Waals surface area contributed by atoms with Crippen molar-refractivity contribution in [3.8, 4) is 0 Å². The third-order valence-corrected chi connectivity index (χ3v) is 5.46. The van der Waals surface area contributed by atoms with Crippen molar-refractivity contribution in [3.05, 3.63) is 38.4 Å². The predicted octanol–water partition coefficient (Wildman–Crippen LogP) is 3.85. The van der Waals surface area contributed by atoms with E-state index < -0.39 is 10.0 Å². The topological polar surface area (TPSA) is 72.2 Å². The summed E-state index contributed by atoms with van der Waals surface area (Å²) in [6, 6.07) is 4.33. The zero-order chi connectivity index (χ0) is 14.2. The Bertz CT molecular complexity index is 730. The molecule has 0 amide bonds. The quantitative estimate of drug-likeness (QED) is 0.870. The molecule has 0 aliphatic heterocycles. The molecule has 0 saturated carbocycles. The monoisotopic (exact) mass is 384 g/mol. The summed E-state index contributed by atoms with van der Waals surface area (Å²) in [7, 11) is -3.91. The van der Waals surface area contributed by atoms with Crippen LogP contribution in [0.4, 0.5) is 5.88 Å². The van der Waals surface area contributed by atoms with E-state index in [-0.39, 0.29) is 20.8 Å². The highest BCUT2D eigenvalue weighted by molar-refractivity contribution is 9.10. The summed E-state index contributed by atoms with van der Waals surface area (Å²) in [4.78, 5) is -0.136. The molecule has 1 aromatic heterocycles. The van der Waals surface area contributed by atoms with Gasteiger partial charge in [0.05, 0.1) is 15.7 Å². The Kier molecular flexibility index (Phi) is 4.10. The highest BCUT2D eigenvalue weighted by Gasteiger charge is 2.23. The lowest BCUT2D eigenvalue weighted by atomic mass is 10.4. The van der Waals surface area contributed by atoms with Gasteiger partial charge in [-0.2, -0.15) is 0 Å². The molecule has 0 fully saturated rings. The van der Waals surface area contributed by atoms with Gasteiger partial charge in [0.1, 0.15) is 9.37 Å². The van der Waals surface area contributed by atoms with Gasteiger partial charge in [-0.15, -0.1) is 0 Å². The van der Waals surface area contributed by atoms with E-state index in [2.05, 4.69) is 25.8 Å². The average Bonchev–Trinajstić information content (AvgIpc) is 2.64. The van der Waals surface area contributed by atoms with E-state index >= 15 is 0 Å². The Balaban J connectivity index is 2.44. The molecule has 9 heteroatoms. The molecule has 5 nitrogen and oxygen atoms in total. The normalized spacial score (nSPS) is 11.6. The van der Waals surface area contributed by atoms with E-state index in [9.17, 15) is 8.42 Å². The van der Waals surface area contributed by atoms with Gasteiger partial charge in [0.2, 0.25) is 0 Å². The van der Waals surface area contributed by atoms with Crippen LogP contribution in [0.3, 0.4) is 0 Å². The SMILES string of the molecule is Cc1noc(NS(=O)(=O)c2cccc(Cl)c2Cl)c1Br. The Labute approximate surface area is 128 Å². The molecule has 1 aromatic carbocycles. The van der Waals surface area contributed by atoms with Crippen molar-refractivity contribution >= 4 is 55.0 Å². The molecular weight excluding hydrogens is 379 g/mol. The Morgan fingerprint density at radius 1 is 1.37 bits per heavy atom. The van der Waals surface area contributed by atoms with Crippen molar-refractivity contribution in [3.63, 3.8) is 0 Å². The number of hydrogen-bond acceptors (Lipinski definition) is 4. The molecule has 0 aliphatic carbocycles. The van der Waals surface area contributed by atoms with Gasteiger partial charge >= 0.3 is 0 Å². The molecule has 0 saturated heterocycles. The van der Waals surface area contributed by atoms with Gasteiger partial charge in [0.25, 0.3) is 15.9 Å². The number of aromatic nitrogens is 1. The summed E-state index contributed by atoms with van der Waals surface area (Å²) in [5.74, 6) is -0.0199. The molecule has 0 spiro atoms. The molecule has 0 bridgehead atoms. The maximum atomic E-state index is 12.2. The zero-order valence-electron chi connectivity index (χ0n) is 9.45. The molecule has 1 heterocycles. The van der Waals surface area contributed by atoms with Crippen LogP contribution >= 0.6 is 39.1 Å². The lowest BCUT2D eigenvalue weighted by molar-refractivity contribution is 0.430. The van der Waals surface area contributed by atoms with E-state index in [1.807, 2.05) is 0 Å². The number of halogens is 3. The fraction of sp³-hybridized carbons (Fsp3) is 0.100. The van der Waals surface area contributed by atoms with Crippen molar-refractivity contribution in [1.82, 2.24) is 5.16 Å². The maximum Gasteiger partial charge on any atom is 0.265 e. The Hall–Kier alpha value is -0.760. The largest absolute Gasteiger partial charge is 0.336 e. The van der Waals surface area contributed by atoms with Gasteiger partial charge in [0.15, 0.2) is 0 Å². The van der Waals surface area contributed by atoms with Crippen LogP contribution in [0.2, 0.25) is 10.0 Å². The van der Waals surface area contributed by atoms with Gasteiger partial charge in [-0.25, -0.2) is 13.1 Å². The van der Waals surface area contributed by atoms with E-state index in [0.29, 0.717) is 10.2 Å². The summed E-state index contributed by atoms with van der Waals surface area (Å²) in [5.41, 5.74) is 0.523. The van der Waals surface area contributed by atoms with Crippen LogP contribution in [-0.2, 0) is 10.0 Å². The first kappa shape index (κ1) is 14.6. The zero-order valence-corrected chi connectivity index (χ0v) is 13.4. The second kappa shape index (κ2) is 5.32. The first-order valence-electron chi connectivity index (χ1n) is 4.91. The standard InChI is InChI=1S/C10H7BrCl2N2O3S/c1-5-8(11)10(18-14-5)15-19(16,17)7-4-2-3-6(12)9(7)13/h2-4,15H,1H3. The van der Waals surface area contributed by atoms with E-state index in [1.54, 1.807) is 6.92 Å². The first-order valence-corrected chi connectivity index (χ1v) is 7.94. The number of nitrogens with zero attached hydrogens (tertiary/aromatic N) is 1. The second-order valence-corrected chi connectivity index (χ2v) is 6.80. The fourth-order valence-corrected chi connectivity index (χ4v) is 3.42. The number of hydrogen-bond donors (Lipinski definition) is 1. The van der Waals surface area contributed by atoms with Crippen molar-refractivity contribution in [2.75, 3.05) is 4.72 Å². The summed E-state index contributed by atoms with van der Waals surface area (Å²) >= 11 is 14.8. The van der Waals surface area contributed by atoms with Crippen molar-refractivity contribution in [2.45, 2.75) is 11.8 Å². The molecule has 1 N–H and O–H groups in total. The van der Waals surface area contributed by atoms with Gasteiger partial charge < -0.3 is 4.52 Å². The summed E-state index contributed by atoms with van der Waals surface area (Å²) in [6.07, 6.45) is 0. The van der Waals surface area contributed by atoms with Crippen molar-refractivity contribution in [2.24, 2.45) is 0 Å². The van der Waals surface area contributed by atoms with Crippen LogP contribution in [0.1, 0.15) is 5.69 Å². The molecule has 0 atom stereocenters. The van der Waals surface area contributed by atoms with E-state index in [4.69, 9.17) is 27.7 Å². The van der Waals surface area contributed by atoms with Gasteiger partial charge in [-0.05, 0) is 35.0 Å². The summed E-state index contributed by atoms with van der Waals surface area (Å²) in [6.45, 7) is 1.66. The highest BCUT2D eigenvalue weighted by atomic mass is 79.9. The van der Waals surface area contributed by atoms with Crippen LogP contribution in [0, 0.1) is 6.92 Å². The van der Waals surface area contributed by atoms with E-state index in [1.165, 1.54) is 18.2 Å². The third-order valence-electron chi connectivity index (χ3n) is 2.22. The lowest BCUT2D eigenvalue weighted by Gasteiger charge is -2.07. The number of benzene rings is 1. The van der Waals surface area contributed by atoms with Gasteiger partial charge in [-0.3, -0.25) is 0 Å². The molecule has 2 aromatic rings. The number of sulfonamides is 1. The number of nitrogens with one attached hydrogen (secondary N) is 1. The second-order valence-electron chi connectivity index (χ2n) is 3.57. The van der Waals surface area contributed by atoms with Gasteiger partial charge in [0, 0.05) is 0 Å². The van der Waals surface area contributed by atoms with Crippen molar-refractivity contribution < 1.29 is 12.9 Å². The smallest absolute Gasteiger partial charge is 0.265 e. The van der Waals surface area contributed by atoms with Crippen molar-refractivity contribution in [1.29, 1.82) is 0 Å². The molecule has 102 valence electrons. The van der Waals surface area contributed by atoms with Crippen LogP contribution < -0.4 is 4.72 Å². The summed E-state index contributed by atoms with van der Waals surface area (Å²) < 4.78 is 31.9. The summed E-state index contributed by atoms with van der Waals surface area (Å²) in [5, 5.41) is 3.72. The predicted molar refractivity (Wildman–Crippen MR) is 76.2 cm³/mol. The third kappa shape index (κ3) is 2.89. The number of anilines is 1. The lowest BCUT2D eigenvalue weighted by Crippen LogP contribution is -2.13. The molecule has 0 unspecified atom stereocenters. The fourth-order valence-electron chi connectivity index (χ4n) is 1.29. The molecule has 19 heavy (non-hydrogen) atoms. The first-order chi connectivity index (χ1) is 8.83. The van der Waals surface area contributed by atoms with E-state index in [0.717, 1.165) is 0 Å². The Morgan fingerprint density at radius 3 is 2.63 bits per heavy atom. The number of aryl methyl sites for hydroxylation is 1. The van der Waals surface area contributed by atoms with Crippen LogP contribution in [0.5, 0.6) is 0 Å². The van der Waals surface area contributed by atoms with Gasteiger partial charge in [-0.1, -0.05) is 34.4 Å². The van der Waals surface area contributed by atoms with Crippen LogP contribution in [0.25, 0.3) is 0 Å². The number of rotatable bonds is 3. The minimum atomic E-state index is -3.91. The molecule has 0 aliphatic rings. The Morgan fingerprint density at radius 2 is 2.05 bits per heavy atom. The van der Waals surface area contributed by atoms with Crippen LogP contribution in [-0.4, -0.2) is 13.6 Å².